The lowest BCUT2D eigenvalue weighted by Crippen LogP contribution is -2.14. The lowest BCUT2D eigenvalue weighted by Gasteiger charge is -2.15. The summed E-state index contributed by atoms with van der Waals surface area (Å²) in [6, 6.07) is 6.56. The van der Waals surface area contributed by atoms with Gasteiger partial charge in [0.15, 0.2) is 11.5 Å². The van der Waals surface area contributed by atoms with Gasteiger partial charge in [0.25, 0.3) is 10.1 Å². The second-order valence-electron chi connectivity index (χ2n) is 5.55. The molecule has 0 spiro atoms. The Balaban J connectivity index is 2.52. The Bertz CT molecular complexity index is 999. The molecule has 0 saturated heterocycles. The number of benzene rings is 2. The van der Waals surface area contributed by atoms with Gasteiger partial charge in [-0.15, -0.1) is 0 Å². The summed E-state index contributed by atoms with van der Waals surface area (Å²) >= 11 is 0. The van der Waals surface area contributed by atoms with E-state index < -0.39 is 25.1 Å². The molecule has 2 aromatic rings. The first-order chi connectivity index (χ1) is 11.5. The minimum Gasteiger partial charge on any atom is -0.493 e. The van der Waals surface area contributed by atoms with Crippen LogP contribution >= 0.6 is 0 Å². The van der Waals surface area contributed by atoms with Gasteiger partial charge in [0, 0.05) is 6.07 Å². The number of methoxy groups -OCH3 is 1. The quantitative estimate of drug-likeness (QED) is 0.622. The smallest absolute Gasteiger partial charge is 0.339 e. The zero-order valence-corrected chi connectivity index (χ0v) is 15.7. The molecule has 0 atom stereocenters. The number of ether oxygens (including phenoxy) is 1. The van der Waals surface area contributed by atoms with Crippen molar-refractivity contribution in [3.63, 3.8) is 0 Å². The zero-order valence-electron chi connectivity index (χ0n) is 14.1. The van der Waals surface area contributed by atoms with E-state index in [4.69, 9.17) is 13.5 Å². The summed E-state index contributed by atoms with van der Waals surface area (Å²) in [7, 11) is -7.39. The predicted octanol–water partition coefficient (Wildman–Crippen LogP) is 2.63. The van der Waals surface area contributed by atoms with Crippen LogP contribution < -0.4 is 8.92 Å². The lowest BCUT2D eigenvalue weighted by atomic mass is 10.1. The van der Waals surface area contributed by atoms with Crippen molar-refractivity contribution in [3.8, 4) is 11.5 Å². The highest BCUT2D eigenvalue weighted by atomic mass is 32.2. The van der Waals surface area contributed by atoms with Crippen LogP contribution in [0.15, 0.2) is 40.1 Å². The van der Waals surface area contributed by atoms with Gasteiger partial charge in [0.1, 0.15) is 4.90 Å². The monoisotopic (exact) mass is 386 g/mol. The molecule has 9 heteroatoms. The van der Waals surface area contributed by atoms with Crippen molar-refractivity contribution in [2.24, 2.45) is 0 Å². The van der Waals surface area contributed by atoms with Crippen LogP contribution in [0.3, 0.4) is 0 Å². The fraction of sp³-hybridized carbons (Fsp3) is 0.250. The maximum absolute atomic E-state index is 12.7. The van der Waals surface area contributed by atoms with E-state index in [0.717, 1.165) is 23.8 Å². The normalized spacial score (nSPS) is 12.0. The average molecular weight is 386 g/mol. The van der Waals surface area contributed by atoms with Crippen LogP contribution in [-0.2, 0) is 20.2 Å². The van der Waals surface area contributed by atoms with Gasteiger partial charge >= 0.3 is 10.1 Å². The first kappa shape index (κ1) is 19.2. The topological polar surface area (TPSA) is 107 Å². The molecule has 0 fully saturated rings. The van der Waals surface area contributed by atoms with Crippen LogP contribution in [0.4, 0.5) is 0 Å². The molecule has 1 N–H and O–H groups in total. The van der Waals surface area contributed by atoms with Crippen molar-refractivity contribution in [1.29, 1.82) is 0 Å². The van der Waals surface area contributed by atoms with Crippen LogP contribution in [0.1, 0.15) is 16.7 Å². The third-order valence-corrected chi connectivity index (χ3v) is 5.88. The molecule has 0 heterocycles. The Morgan fingerprint density at radius 2 is 1.44 bits per heavy atom. The van der Waals surface area contributed by atoms with Gasteiger partial charge < -0.3 is 8.92 Å². The van der Waals surface area contributed by atoms with Crippen molar-refractivity contribution in [2.45, 2.75) is 30.6 Å². The molecule has 25 heavy (non-hydrogen) atoms. The largest absolute Gasteiger partial charge is 0.493 e. The molecule has 136 valence electrons. The fourth-order valence-corrected chi connectivity index (χ4v) is 4.46. The van der Waals surface area contributed by atoms with Crippen molar-refractivity contribution in [1.82, 2.24) is 0 Å². The Morgan fingerprint density at radius 1 is 0.880 bits per heavy atom. The van der Waals surface area contributed by atoms with Crippen LogP contribution in [0, 0.1) is 20.8 Å². The number of rotatable bonds is 5. The Morgan fingerprint density at radius 3 is 1.92 bits per heavy atom. The van der Waals surface area contributed by atoms with Gasteiger partial charge in [0.05, 0.1) is 12.0 Å². The fourth-order valence-electron chi connectivity index (χ4n) is 2.60. The first-order valence-corrected chi connectivity index (χ1v) is 9.98. The van der Waals surface area contributed by atoms with Crippen molar-refractivity contribution in [2.75, 3.05) is 7.11 Å². The summed E-state index contributed by atoms with van der Waals surface area (Å²) in [5.41, 5.74) is 1.99. The van der Waals surface area contributed by atoms with E-state index in [9.17, 15) is 16.8 Å². The first-order valence-electron chi connectivity index (χ1n) is 7.13. The minimum absolute atomic E-state index is 0.0407. The van der Waals surface area contributed by atoms with E-state index in [1.165, 1.54) is 7.11 Å². The Hall–Kier alpha value is -2.10. The molecule has 0 saturated carbocycles. The highest BCUT2D eigenvalue weighted by molar-refractivity contribution is 7.87. The summed E-state index contributed by atoms with van der Waals surface area (Å²) in [5, 5.41) is 0. The van der Waals surface area contributed by atoms with Gasteiger partial charge in [-0.2, -0.15) is 16.8 Å². The molecule has 0 bridgehead atoms. The molecular weight excluding hydrogens is 368 g/mol. The summed E-state index contributed by atoms with van der Waals surface area (Å²) in [6.07, 6.45) is 0. The SMILES string of the molecule is COc1cc(S(=O)(=O)O)ccc1OS(=O)(=O)c1c(C)cc(C)cc1C. The molecule has 0 amide bonds. The van der Waals surface area contributed by atoms with E-state index in [0.29, 0.717) is 11.1 Å². The van der Waals surface area contributed by atoms with E-state index in [1.54, 1.807) is 26.0 Å². The van der Waals surface area contributed by atoms with Gasteiger partial charge in [-0.25, -0.2) is 0 Å². The van der Waals surface area contributed by atoms with Gasteiger partial charge in [-0.1, -0.05) is 17.7 Å². The molecule has 0 aromatic heterocycles. The van der Waals surface area contributed by atoms with Crippen LogP contribution in [0.2, 0.25) is 0 Å². The standard InChI is InChI=1S/C16H18O7S2/c1-10-7-11(2)16(12(3)8-10)25(20,21)23-14-6-5-13(24(17,18)19)9-15(14)22-4/h5-9H,1-4H3,(H,17,18,19). The summed E-state index contributed by atoms with van der Waals surface area (Å²) in [5.74, 6) is -0.324. The van der Waals surface area contributed by atoms with Crippen LogP contribution in [0.25, 0.3) is 0 Å². The van der Waals surface area contributed by atoms with Crippen LogP contribution in [0.5, 0.6) is 11.5 Å². The predicted molar refractivity (Wildman–Crippen MR) is 91.3 cm³/mol. The summed E-state index contributed by atoms with van der Waals surface area (Å²) in [4.78, 5) is -0.393. The van der Waals surface area contributed by atoms with Gasteiger partial charge in [-0.3, -0.25) is 4.55 Å². The van der Waals surface area contributed by atoms with E-state index in [2.05, 4.69) is 0 Å². The third-order valence-electron chi connectivity index (χ3n) is 3.49. The second kappa shape index (κ2) is 6.66. The summed E-state index contributed by atoms with van der Waals surface area (Å²) < 4.78 is 66.9. The highest BCUT2D eigenvalue weighted by Crippen LogP contribution is 2.33. The van der Waals surface area contributed by atoms with E-state index in [1.807, 2.05) is 6.92 Å². The molecule has 0 unspecified atom stereocenters. The minimum atomic E-state index is -4.45. The van der Waals surface area contributed by atoms with Gasteiger partial charge in [0.2, 0.25) is 0 Å². The zero-order chi connectivity index (χ0) is 19.0. The molecule has 7 nitrogen and oxygen atoms in total. The second-order valence-corrected chi connectivity index (χ2v) is 8.46. The van der Waals surface area contributed by atoms with Gasteiger partial charge in [-0.05, 0) is 44.0 Å². The average Bonchev–Trinajstić information content (AvgIpc) is 2.44. The molecule has 0 aliphatic carbocycles. The lowest BCUT2D eigenvalue weighted by molar-refractivity contribution is 0.388. The molecule has 2 aromatic carbocycles. The maximum atomic E-state index is 12.7. The number of hydrogen-bond acceptors (Lipinski definition) is 6. The number of aryl methyl sites for hydroxylation is 3. The van der Waals surface area contributed by atoms with E-state index in [-0.39, 0.29) is 16.4 Å². The van der Waals surface area contributed by atoms with E-state index >= 15 is 0 Å². The van der Waals surface area contributed by atoms with Crippen molar-refractivity contribution in [3.05, 3.63) is 47.0 Å². The van der Waals surface area contributed by atoms with Crippen molar-refractivity contribution < 1.29 is 30.3 Å². The van der Waals surface area contributed by atoms with Crippen molar-refractivity contribution >= 4 is 20.2 Å². The molecular formula is C16H18O7S2. The maximum Gasteiger partial charge on any atom is 0.339 e. The van der Waals surface area contributed by atoms with Crippen LogP contribution in [-0.4, -0.2) is 28.5 Å². The molecule has 0 radical (unpaired) electrons. The molecule has 0 aliphatic heterocycles. The molecule has 0 aliphatic rings. The highest BCUT2D eigenvalue weighted by Gasteiger charge is 2.24. The Labute approximate surface area is 147 Å². The third kappa shape index (κ3) is 4.12. The summed E-state index contributed by atoms with van der Waals surface area (Å²) in [6.45, 7) is 5.18. The Kier molecular flexibility index (Phi) is 5.12. The molecule has 2 rings (SSSR count). The number of hydrogen-bond donors (Lipinski definition) is 1.